The van der Waals surface area contributed by atoms with Crippen LogP contribution in [0.4, 0.5) is 0 Å². The van der Waals surface area contributed by atoms with E-state index < -0.39 is 9.84 Å². The van der Waals surface area contributed by atoms with Crippen molar-refractivity contribution < 1.29 is 27.2 Å². The lowest BCUT2D eigenvalue weighted by Gasteiger charge is -2.30. The molecule has 3 rings (SSSR count). The second kappa shape index (κ2) is 8.82. The number of hydrogen-bond donors (Lipinski definition) is 0. The Morgan fingerprint density at radius 3 is 2.59 bits per heavy atom. The average molecular weight is 419 g/mol. The molecular weight excluding hydrogens is 394 g/mol. The van der Waals surface area contributed by atoms with Crippen LogP contribution in [0.25, 0.3) is 0 Å². The van der Waals surface area contributed by atoms with Gasteiger partial charge in [-0.3, -0.25) is 9.59 Å². The Morgan fingerprint density at radius 2 is 1.90 bits per heavy atom. The molecule has 0 spiro atoms. The molecule has 8 heteroatoms. The first-order valence-electron chi connectivity index (χ1n) is 9.64. The van der Waals surface area contributed by atoms with Gasteiger partial charge in [-0.2, -0.15) is 0 Å². The molecule has 0 N–H and O–H groups in total. The minimum absolute atomic E-state index is 0.0728. The van der Waals surface area contributed by atoms with Crippen molar-refractivity contribution in [2.45, 2.75) is 37.3 Å². The van der Waals surface area contributed by atoms with Crippen molar-refractivity contribution in [2.75, 3.05) is 19.7 Å². The molecule has 2 heterocycles. The van der Waals surface area contributed by atoms with Crippen LogP contribution in [0.2, 0.25) is 0 Å². The number of rotatable bonds is 6. The van der Waals surface area contributed by atoms with Crippen LogP contribution in [0.3, 0.4) is 0 Å². The first-order chi connectivity index (χ1) is 13.8. The smallest absolute Gasteiger partial charge is 0.310 e. The average Bonchev–Trinajstić information content (AvgIpc) is 3.15. The van der Waals surface area contributed by atoms with Crippen molar-refractivity contribution in [3.05, 3.63) is 53.5 Å². The summed E-state index contributed by atoms with van der Waals surface area (Å²) in [5.41, 5.74) is 0.970. The summed E-state index contributed by atoms with van der Waals surface area (Å²) < 4.78 is 35.7. The van der Waals surface area contributed by atoms with Crippen molar-refractivity contribution in [3.8, 4) is 0 Å². The summed E-state index contributed by atoms with van der Waals surface area (Å²) in [6.45, 7) is 4.73. The summed E-state index contributed by atoms with van der Waals surface area (Å²) in [6, 6.07) is 9.58. The molecule has 29 heavy (non-hydrogen) atoms. The van der Waals surface area contributed by atoms with Gasteiger partial charge in [0, 0.05) is 13.1 Å². The van der Waals surface area contributed by atoms with Crippen LogP contribution in [-0.2, 0) is 25.1 Å². The van der Waals surface area contributed by atoms with Crippen LogP contribution >= 0.6 is 0 Å². The molecule has 1 aliphatic rings. The van der Waals surface area contributed by atoms with E-state index in [9.17, 15) is 18.0 Å². The Kier molecular flexibility index (Phi) is 6.42. The zero-order valence-electron chi connectivity index (χ0n) is 16.6. The minimum atomic E-state index is -3.57. The second-order valence-electron chi connectivity index (χ2n) is 7.18. The molecule has 1 aromatic heterocycles. The van der Waals surface area contributed by atoms with Gasteiger partial charge in [0.05, 0.1) is 17.4 Å². The maximum absolute atomic E-state index is 12.7. The van der Waals surface area contributed by atoms with Crippen LogP contribution < -0.4 is 0 Å². The number of piperidine rings is 1. The van der Waals surface area contributed by atoms with E-state index in [1.54, 1.807) is 36.1 Å². The molecule has 7 nitrogen and oxygen atoms in total. The number of carbonyl (C=O) groups is 2. The van der Waals surface area contributed by atoms with E-state index in [4.69, 9.17) is 9.15 Å². The summed E-state index contributed by atoms with van der Waals surface area (Å²) in [6.07, 6.45) is 1.38. The zero-order valence-corrected chi connectivity index (χ0v) is 17.4. The molecule has 0 aliphatic carbocycles. The van der Waals surface area contributed by atoms with Crippen molar-refractivity contribution in [1.29, 1.82) is 0 Å². The maximum Gasteiger partial charge on any atom is 0.310 e. The Labute approximate surface area is 170 Å². The lowest BCUT2D eigenvalue weighted by atomic mass is 9.98. The third-order valence-electron chi connectivity index (χ3n) is 4.91. The number of sulfone groups is 1. The first kappa shape index (κ1) is 21.1. The zero-order chi connectivity index (χ0) is 21.0. The standard InChI is InChI=1S/C21H25NO6S/c1-3-27-21(24)16-5-4-12-22(13-16)20(23)19-11-8-17(28-19)14-29(25,26)18-9-6-15(2)7-10-18/h6-11,16H,3-5,12-14H2,1-2H3/t16-/m0/s1. The Hall–Kier alpha value is -2.61. The quantitative estimate of drug-likeness (QED) is 0.668. The number of furan rings is 1. The number of nitrogens with zero attached hydrogens (tertiary/aromatic N) is 1. The molecular formula is C21H25NO6S. The van der Waals surface area contributed by atoms with E-state index in [0.717, 1.165) is 5.56 Å². The number of likely N-dealkylation sites (tertiary alicyclic amines) is 1. The first-order valence-corrected chi connectivity index (χ1v) is 11.3. The monoisotopic (exact) mass is 419 g/mol. The van der Waals surface area contributed by atoms with Gasteiger partial charge in [-0.15, -0.1) is 0 Å². The van der Waals surface area contributed by atoms with E-state index in [1.165, 1.54) is 12.1 Å². The maximum atomic E-state index is 12.7. The van der Waals surface area contributed by atoms with Gasteiger partial charge < -0.3 is 14.1 Å². The summed E-state index contributed by atoms with van der Waals surface area (Å²) >= 11 is 0. The highest BCUT2D eigenvalue weighted by Crippen LogP contribution is 2.23. The van der Waals surface area contributed by atoms with E-state index in [2.05, 4.69) is 0 Å². The molecule has 1 atom stereocenters. The lowest BCUT2D eigenvalue weighted by molar-refractivity contribution is -0.149. The number of amides is 1. The highest BCUT2D eigenvalue weighted by atomic mass is 32.2. The largest absolute Gasteiger partial charge is 0.466 e. The molecule has 1 fully saturated rings. The van der Waals surface area contributed by atoms with Crippen LogP contribution in [0.15, 0.2) is 45.7 Å². The number of aryl methyl sites for hydroxylation is 1. The van der Waals surface area contributed by atoms with Gasteiger partial charge in [-0.25, -0.2) is 8.42 Å². The van der Waals surface area contributed by atoms with Gasteiger partial charge in [0.25, 0.3) is 5.91 Å². The molecule has 0 bridgehead atoms. The predicted octanol–water partition coefficient (Wildman–Crippen LogP) is 2.98. The Balaban J connectivity index is 1.68. The molecule has 0 saturated carbocycles. The number of benzene rings is 1. The van der Waals surface area contributed by atoms with E-state index >= 15 is 0 Å². The van der Waals surface area contributed by atoms with Gasteiger partial charge >= 0.3 is 5.97 Å². The van der Waals surface area contributed by atoms with E-state index in [0.29, 0.717) is 26.0 Å². The number of carbonyl (C=O) groups excluding carboxylic acids is 2. The molecule has 1 amide bonds. The fourth-order valence-corrected chi connectivity index (χ4v) is 4.60. The fraction of sp³-hybridized carbons (Fsp3) is 0.429. The van der Waals surface area contributed by atoms with Gasteiger partial charge in [0.1, 0.15) is 11.5 Å². The summed E-state index contributed by atoms with van der Waals surface area (Å²) in [7, 11) is -3.57. The molecule has 1 saturated heterocycles. The van der Waals surface area contributed by atoms with Gasteiger partial charge in [0.15, 0.2) is 15.6 Å². The normalized spacial score (nSPS) is 17.2. The van der Waals surface area contributed by atoms with Crippen LogP contribution in [0.1, 0.15) is 41.6 Å². The van der Waals surface area contributed by atoms with Gasteiger partial charge in [-0.1, -0.05) is 17.7 Å². The molecule has 0 unspecified atom stereocenters. The fourth-order valence-electron chi connectivity index (χ4n) is 3.36. The number of ether oxygens (including phenoxy) is 1. The Morgan fingerprint density at radius 1 is 1.17 bits per heavy atom. The number of hydrogen-bond acceptors (Lipinski definition) is 6. The minimum Gasteiger partial charge on any atom is -0.466 e. The molecule has 0 radical (unpaired) electrons. The van der Waals surface area contributed by atoms with Crippen molar-refractivity contribution >= 4 is 21.7 Å². The third kappa shape index (κ3) is 5.06. The second-order valence-corrected chi connectivity index (χ2v) is 9.17. The molecule has 156 valence electrons. The highest BCUT2D eigenvalue weighted by molar-refractivity contribution is 7.90. The predicted molar refractivity (Wildman–Crippen MR) is 106 cm³/mol. The molecule has 1 aromatic carbocycles. The topological polar surface area (TPSA) is 93.9 Å². The highest BCUT2D eigenvalue weighted by Gasteiger charge is 2.31. The Bertz CT molecular complexity index is 977. The number of esters is 1. The van der Waals surface area contributed by atoms with Gasteiger partial charge in [-0.05, 0) is 51.0 Å². The molecule has 1 aliphatic heterocycles. The molecule has 2 aromatic rings. The van der Waals surface area contributed by atoms with E-state index in [-0.39, 0.29) is 46.5 Å². The summed E-state index contributed by atoms with van der Waals surface area (Å²) in [5, 5.41) is 0. The van der Waals surface area contributed by atoms with Crippen molar-refractivity contribution in [2.24, 2.45) is 5.92 Å². The van der Waals surface area contributed by atoms with E-state index in [1.807, 2.05) is 6.92 Å². The van der Waals surface area contributed by atoms with Crippen LogP contribution in [0.5, 0.6) is 0 Å². The summed E-state index contributed by atoms with van der Waals surface area (Å²) in [5.74, 6) is -1.04. The lowest BCUT2D eigenvalue weighted by Crippen LogP contribution is -2.42. The SMILES string of the molecule is CCOC(=O)[C@H]1CCCN(C(=O)c2ccc(CS(=O)(=O)c3ccc(C)cc3)o2)C1. The van der Waals surface area contributed by atoms with Crippen molar-refractivity contribution in [1.82, 2.24) is 4.90 Å². The van der Waals surface area contributed by atoms with Crippen LogP contribution in [-0.4, -0.2) is 44.9 Å². The van der Waals surface area contributed by atoms with Gasteiger partial charge in [0.2, 0.25) is 0 Å². The van der Waals surface area contributed by atoms with Crippen LogP contribution in [0, 0.1) is 12.8 Å². The van der Waals surface area contributed by atoms with Crippen molar-refractivity contribution in [3.63, 3.8) is 0 Å². The third-order valence-corrected chi connectivity index (χ3v) is 6.57. The summed E-state index contributed by atoms with van der Waals surface area (Å²) in [4.78, 5) is 26.5.